The van der Waals surface area contributed by atoms with Gasteiger partial charge in [0.2, 0.25) is 11.8 Å². The molecule has 37 heavy (non-hydrogen) atoms. The summed E-state index contributed by atoms with van der Waals surface area (Å²) >= 11 is 0. The molecule has 2 heterocycles. The minimum Gasteiger partial charge on any atom is -0.435 e. The molecule has 2 amide bonds. The van der Waals surface area contributed by atoms with E-state index in [2.05, 4.69) is 20.6 Å². The summed E-state index contributed by atoms with van der Waals surface area (Å²) in [7, 11) is 0. The molecule has 7 nitrogen and oxygen atoms in total. The summed E-state index contributed by atoms with van der Waals surface area (Å²) in [5.74, 6) is 0.352. The van der Waals surface area contributed by atoms with Crippen molar-refractivity contribution in [2.45, 2.75) is 0 Å². The summed E-state index contributed by atoms with van der Waals surface area (Å²) in [5, 5.41) is 5.59. The Morgan fingerprint density at radius 3 is 2.14 bits per heavy atom. The maximum absolute atomic E-state index is 13.1. The topological polar surface area (TPSA) is 97.1 Å². The van der Waals surface area contributed by atoms with E-state index >= 15 is 0 Å². The molecule has 2 N–H and O–H groups in total. The van der Waals surface area contributed by atoms with Gasteiger partial charge in [-0.1, -0.05) is 54.6 Å². The van der Waals surface area contributed by atoms with E-state index in [0.29, 0.717) is 28.7 Å². The van der Waals surface area contributed by atoms with Gasteiger partial charge in [0.15, 0.2) is 11.5 Å². The molecular formula is C30H22N4O3. The molecule has 0 atom stereocenters. The van der Waals surface area contributed by atoms with Gasteiger partial charge >= 0.3 is 0 Å². The summed E-state index contributed by atoms with van der Waals surface area (Å²) in [6.07, 6.45) is 4.82. The van der Waals surface area contributed by atoms with Gasteiger partial charge in [0, 0.05) is 29.1 Å². The molecule has 180 valence electrons. The van der Waals surface area contributed by atoms with Crippen molar-refractivity contribution in [1.82, 2.24) is 9.97 Å². The third kappa shape index (κ3) is 5.86. The number of carbonyl (C=O) groups is 2. The molecule has 0 saturated heterocycles. The zero-order valence-corrected chi connectivity index (χ0v) is 19.7. The van der Waals surface area contributed by atoms with Gasteiger partial charge in [0.05, 0.1) is 0 Å². The number of nitrogens with zero attached hydrogens (tertiary/aromatic N) is 2. The first-order valence-corrected chi connectivity index (χ1v) is 11.6. The number of rotatable bonds is 7. The van der Waals surface area contributed by atoms with Crippen molar-refractivity contribution in [3.05, 3.63) is 127 Å². The maximum atomic E-state index is 13.1. The van der Waals surface area contributed by atoms with E-state index in [-0.39, 0.29) is 11.6 Å². The lowest BCUT2D eigenvalue weighted by Gasteiger charge is -2.05. The van der Waals surface area contributed by atoms with Crippen molar-refractivity contribution in [2.24, 2.45) is 0 Å². The molecule has 0 fully saturated rings. The van der Waals surface area contributed by atoms with Crippen LogP contribution in [0.3, 0.4) is 0 Å². The molecule has 0 saturated carbocycles. The van der Waals surface area contributed by atoms with Crippen molar-refractivity contribution in [1.29, 1.82) is 0 Å². The molecule has 5 aromatic rings. The molecule has 0 spiro atoms. The van der Waals surface area contributed by atoms with E-state index < -0.39 is 5.91 Å². The number of oxazole rings is 1. The second-order valence-corrected chi connectivity index (χ2v) is 8.04. The number of carbonyl (C=O) groups excluding carboxylic acids is 2. The van der Waals surface area contributed by atoms with Crippen LogP contribution < -0.4 is 10.6 Å². The van der Waals surface area contributed by atoms with Crippen LogP contribution in [0, 0.1) is 0 Å². The van der Waals surface area contributed by atoms with Gasteiger partial charge in [-0.15, -0.1) is 0 Å². The van der Waals surface area contributed by atoms with Crippen molar-refractivity contribution in [3.63, 3.8) is 0 Å². The van der Waals surface area contributed by atoms with Crippen molar-refractivity contribution in [2.75, 3.05) is 10.6 Å². The number of aromatic nitrogens is 2. The predicted molar refractivity (Wildman–Crippen MR) is 144 cm³/mol. The third-order valence-corrected chi connectivity index (χ3v) is 5.41. The van der Waals surface area contributed by atoms with Gasteiger partial charge in [0.25, 0.3) is 5.91 Å². The highest BCUT2D eigenvalue weighted by Crippen LogP contribution is 2.31. The fraction of sp³-hybridized carbons (Fsp3) is 0. The number of anilines is 2. The van der Waals surface area contributed by atoms with Crippen LogP contribution in [0.1, 0.15) is 16.1 Å². The summed E-state index contributed by atoms with van der Waals surface area (Å²) in [4.78, 5) is 34.1. The highest BCUT2D eigenvalue weighted by molar-refractivity contribution is 6.06. The van der Waals surface area contributed by atoms with E-state index in [1.165, 1.54) is 6.08 Å². The van der Waals surface area contributed by atoms with Crippen LogP contribution in [-0.4, -0.2) is 21.8 Å². The van der Waals surface area contributed by atoms with Crippen molar-refractivity contribution >= 4 is 29.4 Å². The summed E-state index contributed by atoms with van der Waals surface area (Å²) in [6, 6.07) is 31.2. The van der Waals surface area contributed by atoms with Crippen LogP contribution in [0.5, 0.6) is 0 Å². The van der Waals surface area contributed by atoms with E-state index in [1.54, 1.807) is 54.7 Å². The Morgan fingerprint density at radius 2 is 1.43 bits per heavy atom. The molecule has 2 aromatic heterocycles. The first-order chi connectivity index (χ1) is 18.2. The Labute approximate surface area is 213 Å². The fourth-order valence-corrected chi connectivity index (χ4v) is 3.61. The first-order valence-electron chi connectivity index (χ1n) is 11.6. The number of benzene rings is 3. The van der Waals surface area contributed by atoms with Gasteiger partial charge < -0.3 is 15.1 Å². The van der Waals surface area contributed by atoms with Gasteiger partial charge in [-0.3, -0.25) is 9.59 Å². The SMILES string of the molecule is O=C(/C=C/c1ccccc1)Nc1ccc(-c2oc(-c3ccccc3)nc2C(=O)Nc2ccccn2)cc1. The summed E-state index contributed by atoms with van der Waals surface area (Å²) in [5.41, 5.74) is 3.05. The quantitative estimate of drug-likeness (QED) is 0.263. The Kier molecular flexibility index (Phi) is 6.95. The zero-order chi connectivity index (χ0) is 25.5. The van der Waals surface area contributed by atoms with Gasteiger partial charge in [0.1, 0.15) is 5.82 Å². The van der Waals surface area contributed by atoms with Crippen LogP contribution in [0.2, 0.25) is 0 Å². The van der Waals surface area contributed by atoms with Crippen LogP contribution in [-0.2, 0) is 4.79 Å². The maximum Gasteiger partial charge on any atom is 0.279 e. The summed E-state index contributed by atoms with van der Waals surface area (Å²) in [6.45, 7) is 0. The van der Waals surface area contributed by atoms with Crippen molar-refractivity contribution < 1.29 is 14.0 Å². The van der Waals surface area contributed by atoms with Gasteiger partial charge in [-0.05, 0) is 60.2 Å². The molecule has 3 aromatic carbocycles. The average molecular weight is 487 g/mol. The van der Waals surface area contributed by atoms with Crippen LogP contribution in [0.15, 0.2) is 120 Å². The molecule has 0 aliphatic rings. The van der Waals surface area contributed by atoms with Gasteiger partial charge in [-0.2, -0.15) is 0 Å². The minimum atomic E-state index is -0.442. The Balaban J connectivity index is 1.39. The lowest BCUT2D eigenvalue weighted by molar-refractivity contribution is -0.111. The normalized spacial score (nSPS) is 10.8. The molecule has 0 aliphatic heterocycles. The molecular weight excluding hydrogens is 464 g/mol. The number of hydrogen-bond donors (Lipinski definition) is 2. The smallest absolute Gasteiger partial charge is 0.279 e. The van der Waals surface area contributed by atoms with Crippen LogP contribution in [0.25, 0.3) is 28.9 Å². The first kappa shape index (κ1) is 23.4. The van der Waals surface area contributed by atoms with Crippen molar-refractivity contribution in [3.8, 4) is 22.8 Å². The van der Waals surface area contributed by atoms with E-state index in [0.717, 1.165) is 11.1 Å². The highest BCUT2D eigenvalue weighted by Gasteiger charge is 2.23. The molecule has 0 aliphatic carbocycles. The Hall–Kier alpha value is -5.30. The minimum absolute atomic E-state index is 0.132. The number of nitrogens with one attached hydrogen (secondary N) is 2. The molecule has 0 unspecified atom stereocenters. The highest BCUT2D eigenvalue weighted by atomic mass is 16.4. The zero-order valence-electron chi connectivity index (χ0n) is 19.7. The fourth-order valence-electron chi connectivity index (χ4n) is 3.61. The Bertz CT molecular complexity index is 1530. The second kappa shape index (κ2) is 11.0. The lowest BCUT2D eigenvalue weighted by atomic mass is 10.1. The summed E-state index contributed by atoms with van der Waals surface area (Å²) < 4.78 is 6.06. The number of hydrogen-bond acceptors (Lipinski definition) is 5. The number of pyridine rings is 1. The molecule has 0 radical (unpaired) electrons. The van der Waals surface area contributed by atoms with E-state index in [1.807, 2.05) is 60.7 Å². The number of amides is 2. The third-order valence-electron chi connectivity index (χ3n) is 5.41. The Morgan fingerprint density at radius 1 is 0.730 bits per heavy atom. The van der Waals surface area contributed by atoms with Crippen LogP contribution in [0.4, 0.5) is 11.5 Å². The average Bonchev–Trinajstić information content (AvgIpc) is 3.40. The predicted octanol–water partition coefficient (Wildman–Crippen LogP) is 6.31. The monoisotopic (exact) mass is 486 g/mol. The van der Waals surface area contributed by atoms with E-state index in [4.69, 9.17) is 4.42 Å². The molecule has 7 heteroatoms. The standard InChI is InChI=1S/C30H22N4O3/c35-26(19-14-21-9-3-1-4-10-21)32-24-17-15-22(16-18-24)28-27(29(36)33-25-13-7-8-20-31-25)34-30(37-28)23-11-5-2-6-12-23/h1-20H,(H,32,35)(H,31,33,36)/b19-14+. The largest absolute Gasteiger partial charge is 0.435 e. The second-order valence-electron chi connectivity index (χ2n) is 8.04. The lowest BCUT2D eigenvalue weighted by Crippen LogP contribution is -2.14. The molecule has 0 bridgehead atoms. The van der Waals surface area contributed by atoms with E-state index in [9.17, 15) is 9.59 Å². The van der Waals surface area contributed by atoms with Gasteiger partial charge in [-0.25, -0.2) is 9.97 Å². The van der Waals surface area contributed by atoms with Crippen LogP contribution >= 0.6 is 0 Å². The molecule has 5 rings (SSSR count).